The average molecular weight is 396 g/mol. The summed E-state index contributed by atoms with van der Waals surface area (Å²) in [5.41, 5.74) is -0.625. The molecule has 0 bridgehead atoms. The molecular formula is C17H9BrF3NO2. The zero-order valence-corrected chi connectivity index (χ0v) is 13.6. The van der Waals surface area contributed by atoms with Crippen molar-refractivity contribution in [3.8, 4) is 0 Å². The molecule has 0 aromatic heterocycles. The molecule has 122 valence electrons. The predicted molar refractivity (Wildman–Crippen MR) is 86.2 cm³/mol. The van der Waals surface area contributed by atoms with Crippen LogP contribution in [0.25, 0.3) is 6.08 Å². The molecule has 0 saturated carbocycles. The fraction of sp³-hybridized carbons (Fsp3) is 0.0588. The highest BCUT2D eigenvalue weighted by molar-refractivity contribution is 9.10. The maximum absolute atomic E-state index is 13.0. The number of hydrogen-bond donors (Lipinski definition) is 0. The van der Waals surface area contributed by atoms with Crippen LogP contribution in [0.3, 0.4) is 0 Å². The molecule has 7 heteroatoms. The van der Waals surface area contributed by atoms with E-state index < -0.39 is 17.7 Å². The van der Waals surface area contributed by atoms with E-state index in [0.29, 0.717) is 10.0 Å². The quantitative estimate of drug-likeness (QED) is 0.540. The number of ether oxygens (including phenoxy) is 1. The van der Waals surface area contributed by atoms with Crippen LogP contribution in [0.5, 0.6) is 0 Å². The van der Waals surface area contributed by atoms with E-state index in [1.165, 1.54) is 18.2 Å². The summed E-state index contributed by atoms with van der Waals surface area (Å²) in [6.07, 6.45) is -3.44. The molecule has 2 aromatic rings. The third-order valence-corrected chi connectivity index (χ3v) is 3.97. The molecule has 0 saturated heterocycles. The second-order valence-electron chi connectivity index (χ2n) is 4.90. The van der Waals surface area contributed by atoms with Gasteiger partial charge < -0.3 is 4.74 Å². The number of alkyl halides is 3. The van der Waals surface area contributed by atoms with Crippen LogP contribution in [0.2, 0.25) is 0 Å². The summed E-state index contributed by atoms with van der Waals surface area (Å²) in [5, 5.41) is 0. The van der Waals surface area contributed by atoms with Crippen molar-refractivity contribution in [3.05, 3.63) is 75.4 Å². The smallest absolute Gasteiger partial charge is 0.402 e. The third kappa shape index (κ3) is 3.26. The van der Waals surface area contributed by atoms with E-state index in [1.54, 1.807) is 24.3 Å². The number of nitrogens with zero attached hydrogens (tertiary/aromatic N) is 1. The Kier molecular flexibility index (Phi) is 4.28. The summed E-state index contributed by atoms with van der Waals surface area (Å²) in [4.78, 5) is 16.0. The molecule has 1 aliphatic rings. The van der Waals surface area contributed by atoms with Crippen LogP contribution in [0.1, 0.15) is 16.7 Å². The third-order valence-electron chi connectivity index (χ3n) is 3.28. The lowest BCUT2D eigenvalue weighted by Gasteiger charge is -2.09. The molecule has 2 aromatic carbocycles. The second-order valence-corrected chi connectivity index (χ2v) is 5.76. The van der Waals surface area contributed by atoms with Crippen LogP contribution >= 0.6 is 15.9 Å². The Hall–Kier alpha value is -2.41. The molecule has 3 rings (SSSR count). The minimum Gasteiger partial charge on any atom is -0.402 e. The van der Waals surface area contributed by atoms with E-state index in [0.717, 1.165) is 12.1 Å². The van der Waals surface area contributed by atoms with Gasteiger partial charge in [-0.2, -0.15) is 13.2 Å². The van der Waals surface area contributed by atoms with Crippen molar-refractivity contribution >= 4 is 33.9 Å². The minimum atomic E-state index is -4.52. The Morgan fingerprint density at radius 2 is 1.71 bits per heavy atom. The molecule has 0 amide bonds. The first-order valence-corrected chi connectivity index (χ1v) is 7.59. The Morgan fingerprint density at radius 1 is 1.04 bits per heavy atom. The molecule has 0 N–H and O–H groups in total. The van der Waals surface area contributed by atoms with E-state index in [4.69, 9.17) is 4.74 Å². The van der Waals surface area contributed by atoms with Crippen LogP contribution < -0.4 is 0 Å². The fourth-order valence-corrected chi connectivity index (χ4v) is 2.64. The molecule has 1 heterocycles. The minimum absolute atomic E-state index is 0.0446. The normalized spacial score (nSPS) is 16.2. The average Bonchev–Trinajstić information content (AvgIpc) is 2.88. The van der Waals surface area contributed by atoms with Gasteiger partial charge in [0.2, 0.25) is 5.90 Å². The highest BCUT2D eigenvalue weighted by atomic mass is 79.9. The molecule has 1 aliphatic heterocycles. The number of carbonyl (C=O) groups is 1. The van der Waals surface area contributed by atoms with Crippen LogP contribution in [0.15, 0.2) is 63.7 Å². The van der Waals surface area contributed by atoms with Crippen LogP contribution in [0.4, 0.5) is 13.2 Å². The van der Waals surface area contributed by atoms with Gasteiger partial charge in [-0.05, 0) is 45.8 Å². The molecule has 0 radical (unpaired) electrons. The Balaban J connectivity index is 2.03. The first kappa shape index (κ1) is 16.4. The number of benzene rings is 2. The molecule has 0 atom stereocenters. The molecule has 3 nitrogen and oxygen atoms in total. The highest BCUT2D eigenvalue weighted by Crippen LogP contribution is 2.33. The summed E-state index contributed by atoms with van der Waals surface area (Å²) in [5.74, 6) is -0.749. The summed E-state index contributed by atoms with van der Waals surface area (Å²) < 4.78 is 44.8. The molecule has 0 aliphatic carbocycles. The van der Waals surface area contributed by atoms with Crippen LogP contribution in [0, 0.1) is 0 Å². The zero-order valence-electron chi connectivity index (χ0n) is 12.0. The number of halogens is 4. The number of hydrogen-bond acceptors (Lipinski definition) is 3. The summed E-state index contributed by atoms with van der Waals surface area (Å²) in [7, 11) is 0. The van der Waals surface area contributed by atoms with Gasteiger partial charge in [0.05, 0.1) is 11.1 Å². The maximum Gasteiger partial charge on any atom is 0.416 e. The lowest BCUT2D eigenvalue weighted by atomic mass is 10.1. The number of rotatable bonds is 2. The number of cyclic esters (lactones) is 1. The molecule has 24 heavy (non-hydrogen) atoms. The van der Waals surface area contributed by atoms with Crippen molar-refractivity contribution in [1.29, 1.82) is 0 Å². The second kappa shape index (κ2) is 6.24. The predicted octanol–water partition coefficient (Wildman–Crippen LogP) is 4.81. The van der Waals surface area contributed by atoms with E-state index in [9.17, 15) is 18.0 Å². The standard InChI is InChI=1S/C17H9BrF3NO2/c18-13-8-4-2-6-11(13)15-22-14(16(23)24-15)9-10-5-1-3-7-12(10)17(19,20)21/h1-9H. The van der Waals surface area contributed by atoms with Crippen LogP contribution in [-0.4, -0.2) is 11.9 Å². The van der Waals surface area contributed by atoms with Crippen molar-refractivity contribution < 1.29 is 22.7 Å². The van der Waals surface area contributed by atoms with Crippen molar-refractivity contribution in [2.45, 2.75) is 6.18 Å². The first-order chi connectivity index (χ1) is 11.4. The van der Waals surface area contributed by atoms with Gasteiger partial charge in [-0.3, -0.25) is 0 Å². The Bertz CT molecular complexity index is 872. The molecule has 0 fully saturated rings. The van der Waals surface area contributed by atoms with Crippen molar-refractivity contribution in [2.75, 3.05) is 0 Å². The van der Waals surface area contributed by atoms with Gasteiger partial charge in [-0.1, -0.05) is 30.3 Å². The molecular weight excluding hydrogens is 387 g/mol. The highest BCUT2D eigenvalue weighted by Gasteiger charge is 2.33. The largest absolute Gasteiger partial charge is 0.416 e. The topological polar surface area (TPSA) is 38.7 Å². The van der Waals surface area contributed by atoms with Crippen molar-refractivity contribution in [3.63, 3.8) is 0 Å². The van der Waals surface area contributed by atoms with E-state index in [1.807, 2.05) is 0 Å². The van der Waals surface area contributed by atoms with E-state index in [2.05, 4.69) is 20.9 Å². The molecule has 0 spiro atoms. The Labute approximate surface area is 143 Å². The van der Waals surface area contributed by atoms with Crippen molar-refractivity contribution in [2.24, 2.45) is 4.99 Å². The van der Waals surface area contributed by atoms with Gasteiger partial charge in [0.15, 0.2) is 5.70 Å². The zero-order chi connectivity index (χ0) is 17.3. The van der Waals surface area contributed by atoms with E-state index in [-0.39, 0.29) is 17.2 Å². The number of aliphatic imine (C=N–C) groups is 1. The number of esters is 1. The fourth-order valence-electron chi connectivity index (χ4n) is 2.19. The maximum atomic E-state index is 13.0. The summed E-state index contributed by atoms with van der Waals surface area (Å²) >= 11 is 3.31. The van der Waals surface area contributed by atoms with Gasteiger partial charge in [0, 0.05) is 4.47 Å². The molecule has 0 unspecified atom stereocenters. The van der Waals surface area contributed by atoms with Crippen LogP contribution in [-0.2, 0) is 15.7 Å². The Morgan fingerprint density at radius 3 is 2.42 bits per heavy atom. The van der Waals surface area contributed by atoms with Crippen molar-refractivity contribution in [1.82, 2.24) is 0 Å². The first-order valence-electron chi connectivity index (χ1n) is 6.80. The van der Waals surface area contributed by atoms with Gasteiger partial charge >= 0.3 is 12.1 Å². The lowest BCUT2D eigenvalue weighted by Crippen LogP contribution is -2.08. The monoisotopic (exact) mass is 395 g/mol. The van der Waals surface area contributed by atoms with Gasteiger partial charge in [-0.15, -0.1) is 0 Å². The van der Waals surface area contributed by atoms with Gasteiger partial charge in [-0.25, -0.2) is 9.79 Å². The van der Waals surface area contributed by atoms with Gasteiger partial charge in [0.1, 0.15) is 0 Å². The van der Waals surface area contributed by atoms with Gasteiger partial charge in [0.25, 0.3) is 0 Å². The van der Waals surface area contributed by atoms with E-state index >= 15 is 0 Å². The SMILES string of the molecule is O=C1OC(c2ccccc2Br)=NC1=Cc1ccccc1C(F)(F)F. The summed E-state index contributed by atoms with van der Waals surface area (Å²) in [6.45, 7) is 0. The summed E-state index contributed by atoms with van der Waals surface area (Å²) in [6, 6.07) is 11.9. The number of carbonyl (C=O) groups excluding carboxylic acids is 1. The lowest BCUT2D eigenvalue weighted by molar-refractivity contribution is -0.137.